The molecule has 0 unspecified atom stereocenters. The van der Waals surface area contributed by atoms with Gasteiger partial charge in [-0.25, -0.2) is 4.79 Å². The van der Waals surface area contributed by atoms with Crippen molar-refractivity contribution in [1.29, 1.82) is 0 Å². The summed E-state index contributed by atoms with van der Waals surface area (Å²) in [5.41, 5.74) is 0.508. The second-order valence-corrected chi connectivity index (χ2v) is 9.56. The van der Waals surface area contributed by atoms with Crippen molar-refractivity contribution in [2.75, 3.05) is 26.2 Å². The Bertz CT molecular complexity index is 1030. The van der Waals surface area contributed by atoms with Crippen LogP contribution in [0.1, 0.15) is 48.9 Å². The van der Waals surface area contributed by atoms with Gasteiger partial charge in [-0.1, -0.05) is 18.2 Å². The monoisotopic (exact) mass is 509 g/mol. The Morgan fingerprint density at radius 3 is 1.95 bits per heavy atom. The number of carboxylic acid groups (broad SMARTS) is 1. The predicted molar refractivity (Wildman–Crippen MR) is 138 cm³/mol. The molecular formula is C28H35N3O6. The number of hydrogen-bond donors (Lipinski definition) is 3. The van der Waals surface area contributed by atoms with Gasteiger partial charge in [0.05, 0.1) is 12.0 Å². The Balaban J connectivity index is 1.10. The van der Waals surface area contributed by atoms with Crippen LogP contribution < -0.4 is 20.1 Å². The number of carbonyl (C=O) groups excluding carboxylic acids is 2. The van der Waals surface area contributed by atoms with E-state index in [1.807, 2.05) is 30.3 Å². The van der Waals surface area contributed by atoms with Crippen molar-refractivity contribution in [2.45, 2.75) is 50.7 Å². The molecule has 1 aliphatic carbocycles. The molecule has 0 aromatic heterocycles. The highest BCUT2D eigenvalue weighted by atomic mass is 16.5. The number of piperidine rings is 1. The van der Waals surface area contributed by atoms with Crippen molar-refractivity contribution in [3.63, 3.8) is 0 Å². The number of para-hydroxylation sites is 1. The lowest BCUT2D eigenvalue weighted by molar-refractivity contribution is -0.143. The van der Waals surface area contributed by atoms with Gasteiger partial charge in [0.2, 0.25) is 0 Å². The van der Waals surface area contributed by atoms with E-state index in [9.17, 15) is 14.4 Å². The fraction of sp³-hybridized carbons (Fsp3) is 0.464. The smallest absolute Gasteiger partial charge is 0.317 e. The summed E-state index contributed by atoms with van der Waals surface area (Å²) < 4.78 is 11.9. The van der Waals surface area contributed by atoms with Crippen LogP contribution in [0.15, 0.2) is 54.6 Å². The zero-order valence-corrected chi connectivity index (χ0v) is 20.9. The molecule has 4 rings (SSSR count). The molecule has 2 aromatic rings. The fourth-order valence-corrected chi connectivity index (χ4v) is 4.73. The second-order valence-electron chi connectivity index (χ2n) is 9.56. The third kappa shape index (κ3) is 7.87. The van der Waals surface area contributed by atoms with Gasteiger partial charge in [0.1, 0.15) is 17.6 Å². The Kier molecular flexibility index (Phi) is 9.24. The average Bonchev–Trinajstić information content (AvgIpc) is 2.92. The normalized spacial score (nSPS) is 20.1. The largest absolute Gasteiger partial charge is 0.490 e. The molecule has 1 saturated carbocycles. The molecule has 1 heterocycles. The van der Waals surface area contributed by atoms with E-state index in [2.05, 4.69) is 10.6 Å². The van der Waals surface area contributed by atoms with Crippen LogP contribution in [0.25, 0.3) is 0 Å². The third-order valence-corrected chi connectivity index (χ3v) is 6.90. The second kappa shape index (κ2) is 13.0. The molecule has 0 bridgehead atoms. The zero-order chi connectivity index (χ0) is 26.0. The van der Waals surface area contributed by atoms with Crippen LogP contribution in [0, 0.1) is 5.92 Å². The standard InChI is InChI=1S/C28H35N3O6/c32-26(20-6-10-23(11-7-20)37-24-12-8-21(9-13-24)27(33)34)29-16-17-30-28(35)31-18-14-25(15-19-31)36-22-4-2-1-3-5-22/h1-7,10-11,21,24-25H,8-9,12-19H2,(H,29,32)(H,30,35)(H,33,34)/t21-,24+. The van der Waals surface area contributed by atoms with E-state index in [0.29, 0.717) is 63.2 Å². The number of urea groups is 1. The van der Waals surface area contributed by atoms with Crippen LogP contribution in [0.5, 0.6) is 11.5 Å². The average molecular weight is 510 g/mol. The van der Waals surface area contributed by atoms with E-state index in [4.69, 9.17) is 14.6 Å². The van der Waals surface area contributed by atoms with Gasteiger partial charge in [0.25, 0.3) is 5.91 Å². The summed E-state index contributed by atoms with van der Waals surface area (Å²) in [4.78, 5) is 37.7. The first-order chi connectivity index (χ1) is 18.0. The van der Waals surface area contributed by atoms with E-state index in [1.165, 1.54) is 0 Å². The molecule has 0 radical (unpaired) electrons. The van der Waals surface area contributed by atoms with E-state index in [1.54, 1.807) is 29.2 Å². The lowest BCUT2D eigenvalue weighted by Gasteiger charge is -2.32. The first-order valence-corrected chi connectivity index (χ1v) is 13.0. The molecule has 2 aromatic carbocycles. The summed E-state index contributed by atoms with van der Waals surface area (Å²) in [6.07, 6.45) is 4.34. The minimum atomic E-state index is -0.734. The highest BCUT2D eigenvalue weighted by Gasteiger charge is 2.27. The maximum absolute atomic E-state index is 12.4. The molecule has 37 heavy (non-hydrogen) atoms. The Morgan fingerprint density at radius 2 is 1.32 bits per heavy atom. The number of nitrogens with zero attached hydrogens (tertiary/aromatic N) is 1. The van der Waals surface area contributed by atoms with Crippen LogP contribution in [0.2, 0.25) is 0 Å². The number of nitrogens with one attached hydrogen (secondary N) is 2. The van der Waals surface area contributed by atoms with Crippen molar-refractivity contribution in [3.05, 3.63) is 60.2 Å². The summed E-state index contributed by atoms with van der Waals surface area (Å²) >= 11 is 0. The Morgan fingerprint density at radius 1 is 0.757 bits per heavy atom. The number of amides is 3. The molecule has 9 nitrogen and oxygen atoms in total. The van der Waals surface area contributed by atoms with E-state index >= 15 is 0 Å². The molecule has 3 N–H and O–H groups in total. The van der Waals surface area contributed by atoms with Gasteiger partial charge >= 0.3 is 12.0 Å². The molecule has 9 heteroatoms. The van der Waals surface area contributed by atoms with Crippen molar-refractivity contribution >= 4 is 17.9 Å². The molecule has 1 saturated heterocycles. The lowest BCUT2D eigenvalue weighted by atomic mass is 9.87. The van der Waals surface area contributed by atoms with Crippen LogP contribution in [0.3, 0.4) is 0 Å². The number of carboxylic acids is 1. The quantitative estimate of drug-likeness (QED) is 0.444. The summed E-state index contributed by atoms with van der Waals surface area (Å²) in [7, 11) is 0. The first-order valence-electron chi connectivity index (χ1n) is 13.0. The van der Waals surface area contributed by atoms with Crippen molar-refractivity contribution in [1.82, 2.24) is 15.5 Å². The number of likely N-dealkylation sites (tertiary alicyclic amines) is 1. The van der Waals surface area contributed by atoms with Crippen molar-refractivity contribution < 1.29 is 29.0 Å². The van der Waals surface area contributed by atoms with Gasteiger partial charge in [0, 0.05) is 44.6 Å². The lowest BCUT2D eigenvalue weighted by Crippen LogP contribution is -2.47. The number of ether oxygens (including phenoxy) is 2. The van der Waals surface area contributed by atoms with Crippen LogP contribution in [-0.2, 0) is 4.79 Å². The van der Waals surface area contributed by atoms with Crippen LogP contribution in [-0.4, -0.2) is 66.3 Å². The van der Waals surface area contributed by atoms with Gasteiger partial charge in [-0.2, -0.15) is 0 Å². The highest BCUT2D eigenvalue weighted by Crippen LogP contribution is 2.28. The van der Waals surface area contributed by atoms with E-state index < -0.39 is 5.97 Å². The zero-order valence-electron chi connectivity index (χ0n) is 20.9. The summed E-state index contributed by atoms with van der Waals surface area (Å²) in [6.45, 7) is 1.92. The molecular weight excluding hydrogens is 474 g/mol. The summed E-state index contributed by atoms with van der Waals surface area (Å²) in [6, 6.07) is 16.5. The Labute approximate surface area is 217 Å². The van der Waals surface area contributed by atoms with Gasteiger partial charge in [-0.3, -0.25) is 9.59 Å². The number of rotatable bonds is 9. The van der Waals surface area contributed by atoms with Gasteiger partial charge < -0.3 is 30.1 Å². The highest BCUT2D eigenvalue weighted by molar-refractivity contribution is 5.94. The first kappa shape index (κ1) is 26.3. The molecule has 2 fully saturated rings. The van der Waals surface area contributed by atoms with Gasteiger partial charge in [-0.15, -0.1) is 0 Å². The number of hydrogen-bond acceptors (Lipinski definition) is 5. The molecule has 1 aliphatic heterocycles. The fourth-order valence-electron chi connectivity index (χ4n) is 4.73. The Hall–Kier alpha value is -3.75. The van der Waals surface area contributed by atoms with Crippen LogP contribution in [0.4, 0.5) is 4.79 Å². The summed E-state index contributed by atoms with van der Waals surface area (Å²) in [5.74, 6) is 0.287. The number of aliphatic carboxylic acids is 1. The molecule has 0 atom stereocenters. The SMILES string of the molecule is O=C(NCCNC(=O)N1CCC(Oc2ccccc2)CC1)c1ccc(O[C@H]2CC[C@@H](C(=O)O)CC2)cc1. The summed E-state index contributed by atoms with van der Waals surface area (Å²) in [5, 5.41) is 14.8. The van der Waals surface area contributed by atoms with Crippen molar-refractivity contribution in [3.8, 4) is 11.5 Å². The number of carbonyl (C=O) groups is 3. The molecule has 2 aliphatic rings. The predicted octanol–water partition coefficient (Wildman–Crippen LogP) is 3.69. The van der Waals surface area contributed by atoms with E-state index in [-0.39, 0.29) is 30.1 Å². The topological polar surface area (TPSA) is 117 Å². The molecule has 198 valence electrons. The molecule has 0 spiro atoms. The van der Waals surface area contributed by atoms with Crippen LogP contribution >= 0.6 is 0 Å². The number of benzene rings is 2. The third-order valence-electron chi connectivity index (χ3n) is 6.90. The maximum Gasteiger partial charge on any atom is 0.317 e. The maximum atomic E-state index is 12.4. The van der Waals surface area contributed by atoms with E-state index in [0.717, 1.165) is 18.6 Å². The minimum Gasteiger partial charge on any atom is -0.490 e. The minimum absolute atomic E-state index is 0.000987. The van der Waals surface area contributed by atoms with Gasteiger partial charge in [-0.05, 0) is 62.1 Å². The van der Waals surface area contributed by atoms with Crippen molar-refractivity contribution in [2.24, 2.45) is 5.92 Å². The van der Waals surface area contributed by atoms with Gasteiger partial charge in [0.15, 0.2) is 0 Å². The molecule has 3 amide bonds.